The van der Waals surface area contributed by atoms with E-state index < -0.39 is 28.5 Å². The number of nitrogens with one attached hydrogen (secondary N) is 1. The molecule has 0 spiro atoms. The number of anilines is 1. The lowest BCUT2D eigenvalue weighted by Gasteiger charge is -2.14. The third-order valence-corrected chi connectivity index (χ3v) is 7.41. The molecule has 1 heterocycles. The van der Waals surface area contributed by atoms with Crippen LogP contribution in [0, 0.1) is 10.1 Å². The van der Waals surface area contributed by atoms with E-state index in [9.17, 15) is 24.5 Å². The van der Waals surface area contributed by atoms with Crippen LogP contribution in [0.15, 0.2) is 70.0 Å². The molecule has 1 aliphatic rings. The molecule has 0 bridgehead atoms. The standard InChI is InChI=1S/C29H26BrN3O8S/c1-3-39-22-11-7-20(8-12-22)31-27(34)16-32-28(35)26(42-29(32)36)14-19-13-24(40-4-2)25(15-23(19)30)41-17-18-5-9-21(10-6-18)33(37)38/h5-15H,3-4,16-17H2,1-2H3,(H,31,34)/b26-14+. The summed E-state index contributed by atoms with van der Waals surface area (Å²) >= 11 is 4.22. The first kappa shape index (κ1) is 30.6. The number of hydrogen-bond acceptors (Lipinski definition) is 9. The molecule has 1 aliphatic heterocycles. The van der Waals surface area contributed by atoms with Gasteiger partial charge in [0.05, 0.1) is 23.0 Å². The Balaban J connectivity index is 1.45. The van der Waals surface area contributed by atoms with Gasteiger partial charge in [-0.2, -0.15) is 0 Å². The Labute approximate surface area is 254 Å². The minimum Gasteiger partial charge on any atom is -0.494 e. The van der Waals surface area contributed by atoms with Gasteiger partial charge < -0.3 is 19.5 Å². The number of nitro benzene ring substituents is 1. The molecule has 3 amide bonds. The molecule has 0 atom stereocenters. The van der Waals surface area contributed by atoms with E-state index in [4.69, 9.17) is 14.2 Å². The first-order valence-corrected chi connectivity index (χ1v) is 14.4. The van der Waals surface area contributed by atoms with Gasteiger partial charge in [-0.3, -0.25) is 29.4 Å². The molecule has 13 heteroatoms. The van der Waals surface area contributed by atoms with Crippen LogP contribution in [0.2, 0.25) is 0 Å². The maximum Gasteiger partial charge on any atom is 0.294 e. The second-order valence-electron chi connectivity index (χ2n) is 8.74. The van der Waals surface area contributed by atoms with Crippen LogP contribution in [0.1, 0.15) is 25.0 Å². The second kappa shape index (κ2) is 14.0. The summed E-state index contributed by atoms with van der Waals surface area (Å²) in [6.45, 7) is 4.25. The second-order valence-corrected chi connectivity index (χ2v) is 10.6. The fourth-order valence-electron chi connectivity index (χ4n) is 3.84. The van der Waals surface area contributed by atoms with Gasteiger partial charge in [-0.1, -0.05) is 15.9 Å². The van der Waals surface area contributed by atoms with E-state index in [0.717, 1.165) is 22.2 Å². The van der Waals surface area contributed by atoms with Crippen LogP contribution in [0.4, 0.5) is 16.2 Å². The van der Waals surface area contributed by atoms with Gasteiger partial charge in [0.1, 0.15) is 18.9 Å². The average Bonchev–Trinajstić information content (AvgIpc) is 3.22. The van der Waals surface area contributed by atoms with E-state index in [0.29, 0.717) is 46.2 Å². The van der Waals surface area contributed by atoms with E-state index >= 15 is 0 Å². The first-order chi connectivity index (χ1) is 20.2. The molecule has 218 valence electrons. The quantitative estimate of drug-likeness (QED) is 0.133. The Hall–Kier alpha value is -4.36. The van der Waals surface area contributed by atoms with Crippen molar-refractivity contribution in [1.29, 1.82) is 0 Å². The molecule has 0 saturated carbocycles. The van der Waals surface area contributed by atoms with Gasteiger partial charge in [0, 0.05) is 22.3 Å². The summed E-state index contributed by atoms with van der Waals surface area (Å²) in [7, 11) is 0. The molecule has 1 saturated heterocycles. The number of carbonyl (C=O) groups is 3. The van der Waals surface area contributed by atoms with E-state index in [1.807, 2.05) is 13.8 Å². The molecule has 0 radical (unpaired) electrons. The Morgan fingerprint density at radius 1 is 1.00 bits per heavy atom. The fourth-order valence-corrected chi connectivity index (χ4v) is 5.11. The summed E-state index contributed by atoms with van der Waals surface area (Å²) in [6, 6.07) is 16.1. The van der Waals surface area contributed by atoms with Crippen molar-refractivity contribution in [2.45, 2.75) is 20.5 Å². The van der Waals surface area contributed by atoms with Crippen molar-refractivity contribution in [1.82, 2.24) is 4.90 Å². The number of thioether (sulfide) groups is 1. The van der Waals surface area contributed by atoms with E-state index in [1.54, 1.807) is 54.6 Å². The van der Waals surface area contributed by atoms with Crippen molar-refractivity contribution >= 4 is 62.2 Å². The van der Waals surface area contributed by atoms with Crippen molar-refractivity contribution in [3.8, 4) is 17.2 Å². The van der Waals surface area contributed by atoms with Gasteiger partial charge in [0.25, 0.3) is 16.8 Å². The van der Waals surface area contributed by atoms with Gasteiger partial charge in [0.2, 0.25) is 5.91 Å². The predicted molar refractivity (Wildman–Crippen MR) is 162 cm³/mol. The molecule has 1 fully saturated rings. The SMILES string of the molecule is CCOc1ccc(NC(=O)CN2C(=O)S/C(=C/c3cc(OCC)c(OCc4ccc([N+](=O)[O-])cc4)cc3Br)C2=O)cc1. The van der Waals surface area contributed by atoms with Crippen LogP contribution in [0.5, 0.6) is 17.2 Å². The van der Waals surface area contributed by atoms with Crippen molar-refractivity contribution in [3.63, 3.8) is 0 Å². The minimum absolute atomic E-state index is 0.0152. The molecule has 42 heavy (non-hydrogen) atoms. The number of benzene rings is 3. The van der Waals surface area contributed by atoms with Crippen LogP contribution < -0.4 is 19.5 Å². The monoisotopic (exact) mass is 655 g/mol. The van der Waals surface area contributed by atoms with Gasteiger partial charge >= 0.3 is 0 Å². The van der Waals surface area contributed by atoms with E-state index in [1.165, 1.54) is 12.1 Å². The fraction of sp³-hybridized carbons (Fsp3) is 0.207. The predicted octanol–water partition coefficient (Wildman–Crippen LogP) is 6.41. The highest BCUT2D eigenvalue weighted by molar-refractivity contribution is 9.10. The highest BCUT2D eigenvalue weighted by Gasteiger charge is 2.36. The largest absolute Gasteiger partial charge is 0.494 e. The number of rotatable bonds is 12. The molecule has 3 aromatic carbocycles. The lowest BCUT2D eigenvalue weighted by Crippen LogP contribution is -2.36. The molecule has 3 aromatic rings. The number of nitro groups is 1. The molecule has 4 rings (SSSR count). The Morgan fingerprint density at radius 3 is 2.31 bits per heavy atom. The molecule has 0 unspecified atom stereocenters. The molecule has 1 N–H and O–H groups in total. The number of halogens is 1. The third kappa shape index (κ3) is 7.68. The summed E-state index contributed by atoms with van der Waals surface area (Å²) < 4.78 is 17.6. The molecule has 11 nitrogen and oxygen atoms in total. The number of amides is 3. The lowest BCUT2D eigenvalue weighted by atomic mass is 10.1. The summed E-state index contributed by atoms with van der Waals surface area (Å²) in [5.74, 6) is 0.377. The van der Waals surface area contributed by atoms with Crippen LogP contribution in [0.3, 0.4) is 0 Å². The van der Waals surface area contributed by atoms with Gasteiger partial charge in [-0.25, -0.2) is 0 Å². The molecule has 0 aliphatic carbocycles. The topological polar surface area (TPSA) is 137 Å². The minimum atomic E-state index is -0.588. The smallest absolute Gasteiger partial charge is 0.294 e. The van der Waals surface area contributed by atoms with Gasteiger partial charge in [-0.05, 0) is 91.3 Å². The Bertz CT molecular complexity index is 1530. The normalized spacial score (nSPS) is 13.8. The van der Waals surface area contributed by atoms with Gasteiger partial charge in [0.15, 0.2) is 11.5 Å². The van der Waals surface area contributed by atoms with Crippen molar-refractivity contribution in [3.05, 3.63) is 91.3 Å². The maximum atomic E-state index is 13.0. The van der Waals surface area contributed by atoms with E-state index in [-0.39, 0.29) is 17.2 Å². The van der Waals surface area contributed by atoms with Crippen LogP contribution in [-0.4, -0.2) is 46.6 Å². The number of imide groups is 1. The molecule has 0 aromatic heterocycles. The summed E-state index contributed by atoms with van der Waals surface area (Å²) in [4.78, 5) is 49.7. The number of non-ortho nitro benzene ring substituents is 1. The average molecular weight is 657 g/mol. The van der Waals surface area contributed by atoms with Crippen molar-refractivity contribution in [2.24, 2.45) is 0 Å². The summed E-state index contributed by atoms with van der Waals surface area (Å²) in [5, 5.41) is 13.0. The van der Waals surface area contributed by atoms with Crippen LogP contribution in [0.25, 0.3) is 6.08 Å². The van der Waals surface area contributed by atoms with Gasteiger partial charge in [-0.15, -0.1) is 0 Å². The van der Waals surface area contributed by atoms with Crippen LogP contribution in [-0.2, 0) is 16.2 Å². The number of hydrogen-bond donors (Lipinski definition) is 1. The molecular weight excluding hydrogens is 630 g/mol. The van der Waals surface area contributed by atoms with Crippen molar-refractivity contribution < 1.29 is 33.5 Å². The van der Waals surface area contributed by atoms with Crippen LogP contribution >= 0.6 is 27.7 Å². The zero-order chi connectivity index (χ0) is 30.2. The highest BCUT2D eigenvalue weighted by Crippen LogP contribution is 2.38. The highest BCUT2D eigenvalue weighted by atomic mass is 79.9. The zero-order valence-corrected chi connectivity index (χ0v) is 25.0. The van der Waals surface area contributed by atoms with Crippen molar-refractivity contribution in [2.75, 3.05) is 25.1 Å². The van der Waals surface area contributed by atoms with E-state index in [2.05, 4.69) is 21.2 Å². The summed E-state index contributed by atoms with van der Waals surface area (Å²) in [5.41, 5.74) is 1.78. The number of ether oxygens (including phenoxy) is 3. The zero-order valence-electron chi connectivity index (χ0n) is 22.6. The summed E-state index contributed by atoms with van der Waals surface area (Å²) in [6.07, 6.45) is 1.54. The Morgan fingerprint density at radius 2 is 1.67 bits per heavy atom. The first-order valence-electron chi connectivity index (χ1n) is 12.8. The maximum absolute atomic E-state index is 13.0. The molecular formula is C29H26BrN3O8S. The number of carbonyl (C=O) groups excluding carboxylic acids is 3. The lowest BCUT2D eigenvalue weighted by molar-refractivity contribution is -0.384. The third-order valence-electron chi connectivity index (χ3n) is 5.82. The number of nitrogens with zero attached hydrogens (tertiary/aromatic N) is 2. The Kier molecular flexibility index (Phi) is 10.2.